The van der Waals surface area contributed by atoms with Crippen molar-refractivity contribution in [2.24, 2.45) is 0 Å². The van der Waals surface area contributed by atoms with Crippen molar-refractivity contribution < 1.29 is 17.5 Å². The van der Waals surface area contributed by atoms with Gasteiger partial charge in [-0.3, -0.25) is 0 Å². The van der Waals surface area contributed by atoms with Gasteiger partial charge in [0, 0.05) is 6.26 Å². The van der Waals surface area contributed by atoms with Crippen molar-refractivity contribution >= 4 is 27.1 Å². The molecule has 0 amide bonds. The number of rotatable bonds is 3. The fourth-order valence-corrected chi connectivity index (χ4v) is 2.39. The lowest BCUT2D eigenvalue weighted by Crippen LogP contribution is -2.00. The first-order valence-electron chi connectivity index (χ1n) is 5.50. The van der Waals surface area contributed by atoms with Gasteiger partial charge in [-0.25, -0.2) is 12.8 Å². The molecule has 20 heavy (non-hydrogen) atoms. The molecule has 0 radical (unpaired) electrons. The molecule has 2 rings (SSSR count). The van der Waals surface area contributed by atoms with Gasteiger partial charge in [0.15, 0.2) is 9.84 Å². The topological polar surface area (TPSA) is 69.4 Å². The highest BCUT2D eigenvalue weighted by Crippen LogP contribution is 2.33. The first-order chi connectivity index (χ1) is 9.27. The summed E-state index contributed by atoms with van der Waals surface area (Å²) in [4.78, 5) is 0.0903. The number of nitrogen functional groups attached to an aromatic ring is 1. The maximum atomic E-state index is 12.9. The Balaban J connectivity index is 2.35. The zero-order valence-electron chi connectivity index (χ0n) is 10.4. The molecular formula is C13H11ClFNO3S. The highest BCUT2D eigenvalue weighted by atomic mass is 35.5. The van der Waals surface area contributed by atoms with Crippen molar-refractivity contribution in [1.29, 1.82) is 0 Å². The number of anilines is 1. The predicted molar refractivity (Wildman–Crippen MR) is 75.4 cm³/mol. The lowest BCUT2D eigenvalue weighted by Gasteiger charge is -2.10. The average Bonchev–Trinajstić information content (AvgIpc) is 2.33. The summed E-state index contributed by atoms with van der Waals surface area (Å²) in [6.07, 6.45) is 1.08. The van der Waals surface area contributed by atoms with Crippen LogP contribution in [-0.4, -0.2) is 14.7 Å². The van der Waals surface area contributed by atoms with E-state index in [4.69, 9.17) is 22.1 Å². The molecule has 0 heterocycles. The van der Waals surface area contributed by atoms with E-state index in [1.807, 2.05) is 0 Å². The van der Waals surface area contributed by atoms with E-state index in [9.17, 15) is 12.8 Å². The number of halogens is 2. The molecule has 106 valence electrons. The van der Waals surface area contributed by atoms with Crippen LogP contribution < -0.4 is 10.5 Å². The van der Waals surface area contributed by atoms with Gasteiger partial charge in [0.25, 0.3) is 0 Å². The largest absolute Gasteiger partial charge is 0.454 e. The van der Waals surface area contributed by atoms with Crippen LogP contribution in [0.3, 0.4) is 0 Å². The van der Waals surface area contributed by atoms with Crippen molar-refractivity contribution in [1.82, 2.24) is 0 Å². The van der Waals surface area contributed by atoms with E-state index >= 15 is 0 Å². The summed E-state index contributed by atoms with van der Waals surface area (Å²) in [6, 6.07) is 7.76. The molecule has 0 aliphatic heterocycles. The molecule has 0 fully saturated rings. The Morgan fingerprint density at radius 1 is 1.15 bits per heavy atom. The van der Waals surface area contributed by atoms with Crippen LogP contribution in [0, 0.1) is 5.82 Å². The quantitative estimate of drug-likeness (QED) is 0.883. The van der Waals surface area contributed by atoms with Crippen molar-refractivity contribution in [3.05, 3.63) is 47.2 Å². The number of ether oxygens (including phenoxy) is 1. The van der Waals surface area contributed by atoms with Crippen LogP contribution in [-0.2, 0) is 9.84 Å². The summed E-state index contributed by atoms with van der Waals surface area (Å²) in [5, 5.41) is 0.0941. The first-order valence-corrected chi connectivity index (χ1v) is 7.77. The number of benzene rings is 2. The van der Waals surface area contributed by atoms with Crippen LogP contribution >= 0.6 is 11.6 Å². The monoisotopic (exact) mass is 315 g/mol. The normalized spacial score (nSPS) is 11.3. The molecule has 4 nitrogen and oxygen atoms in total. The van der Waals surface area contributed by atoms with E-state index < -0.39 is 15.7 Å². The molecule has 0 saturated heterocycles. The number of hydrogen-bond acceptors (Lipinski definition) is 4. The maximum Gasteiger partial charge on any atom is 0.175 e. The lowest BCUT2D eigenvalue weighted by atomic mass is 10.3. The van der Waals surface area contributed by atoms with Gasteiger partial charge in [-0.15, -0.1) is 0 Å². The second-order valence-electron chi connectivity index (χ2n) is 4.15. The van der Waals surface area contributed by atoms with E-state index in [1.54, 1.807) is 0 Å². The third-order valence-corrected chi connectivity index (χ3v) is 3.93. The van der Waals surface area contributed by atoms with Crippen LogP contribution in [0.5, 0.6) is 11.5 Å². The average molecular weight is 316 g/mol. The maximum absolute atomic E-state index is 12.9. The molecule has 0 aliphatic carbocycles. The molecule has 0 spiro atoms. The van der Waals surface area contributed by atoms with Gasteiger partial charge in [-0.05, 0) is 36.4 Å². The third kappa shape index (κ3) is 3.20. The fraction of sp³-hybridized carbons (Fsp3) is 0.0769. The summed E-state index contributed by atoms with van der Waals surface area (Å²) in [7, 11) is -3.34. The van der Waals surface area contributed by atoms with Crippen LogP contribution in [0.2, 0.25) is 5.02 Å². The van der Waals surface area contributed by atoms with Gasteiger partial charge in [-0.1, -0.05) is 11.6 Å². The second-order valence-corrected chi connectivity index (χ2v) is 6.57. The van der Waals surface area contributed by atoms with Gasteiger partial charge in [0.05, 0.1) is 15.6 Å². The van der Waals surface area contributed by atoms with Crippen LogP contribution in [0.25, 0.3) is 0 Å². The number of sulfone groups is 1. The number of nitrogens with two attached hydrogens (primary N) is 1. The van der Waals surface area contributed by atoms with Gasteiger partial charge in [0.1, 0.15) is 17.3 Å². The van der Waals surface area contributed by atoms with E-state index in [2.05, 4.69) is 0 Å². The van der Waals surface area contributed by atoms with E-state index in [-0.39, 0.29) is 27.1 Å². The van der Waals surface area contributed by atoms with Crippen molar-refractivity contribution in [3.8, 4) is 11.5 Å². The summed E-state index contributed by atoms with van der Waals surface area (Å²) < 4.78 is 41.1. The minimum absolute atomic E-state index is 0.0903. The number of hydrogen-bond donors (Lipinski definition) is 1. The van der Waals surface area contributed by atoms with Crippen molar-refractivity contribution in [3.63, 3.8) is 0 Å². The second kappa shape index (κ2) is 5.30. The van der Waals surface area contributed by atoms with E-state index in [1.165, 1.54) is 30.3 Å². The first kappa shape index (κ1) is 14.6. The van der Waals surface area contributed by atoms with Crippen molar-refractivity contribution in [2.45, 2.75) is 4.90 Å². The Morgan fingerprint density at radius 2 is 1.80 bits per heavy atom. The van der Waals surface area contributed by atoms with Crippen LogP contribution in [0.4, 0.5) is 10.1 Å². The minimum Gasteiger partial charge on any atom is -0.454 e. The molecule has 0 unspecified atom stereocenters. The van der Waals surface area contributed by atoms with E-state index in [0.29, 0.717) is 0 Å². The molecule has 0 bridgehead atoms. The Hall–Kier alpha value is -1.79. The molecule has 2 aromatic carbocycles. The Bertz CT molecular complexity index is 762. The zero-order chi connectivity index (χ0) is 14.9. The predicted octanol–water partition coefficient (Wildman–Crippen LogP) is 3.26. The van der Waals surface area contributed by atoms with Gasteiger partial charge >= 0.3 is 0 Å². The summed E-state index contributed by atoms with van der Waals surface area (Å²) in [6.45, 7) is 0. The molecule has 2 N–H and O–H groups in total. The summed E-state index contributed by atoms with van der Waals surface area (Å²) in [5.41, 5.74) is 5.89. The summed E-state index contributed by atoms with van der Waals surface area (Å²) in [5.74, 6) is -0.0134. The molecule has 0 aromatic heterocycles. The minimum atomic E-state index is -3.34. The smallest absolute Gasteiger partial charge is 0.175 e. The summed E-state index contributed by atoms with van der Waals surface area (Å²) >= 11 is 5.83. The Morgan fingerprint density at radius 3 is 2.35 bits per heavy atom. The molecule has 0 atom stereocenters. The highest BCUT2D eigenvalue weighted by molar-refractivity contribution is 7.90. The van der Waals surface area contributed by atoms with Crippen molar-refractivity contribution in [2.75, 3.05) is 12.0 Å². The fourth-order valence-electron chi connectivity index (χ4n) is 1.53. The Labute approximate surface area is 120 Å². The van der Waals surface area contributed by atoms with Gasteiger partial charge in [-0.2, -0.15) is 0 Å². The molecule has 7 heteroatoms. The highest BCUT2D eigenvalue weighted by Gasteiger charge is 2.12. The van der Waals surface area contributed by atoms with Crippen LogP contribution in [0.15, 0.2) is 41.3 Å². The molecule has 2 aromatic rings. The van der Waals surface area contributed by atoms with Crippen LogP contribution in [0.1, 0.15) is 0 Å². The Kier molecular flexibility index (Phi) is 3.87. The third-order valence-electron chi connectivity index (χ3n) is 2.52. The zero-order valence-corrected chi connectivity index (χ0v) is 12.0. The molecule has 0 aliphatic rings. The van der Waals surface area contributed by atoms with Gasteiger partial charge < -0.3 is 10.5 Å². The van der Waals surface area contributed by atoms with Gasteiger partial charge in [0.2, 0.25) is 0 Å². The lowest BCUT2D eigenvalue weighted by molar-refractivity contribution is 0.482. The SMILES string of the molecule is CS(=O)(=O)c1ccc(Oc2ccc(F)cc2Cl)c(N)c1. The molecular weight excluding hydrogens is 305 g/mol. The molecule has 0 saturated carbocycles. The standard InChI is InChI=1S/C13H11ClFNO3S/c1-20(17,18)9-3-5-13(11(16)7-9)19-12-4-2-8(15)6-10(12)14/h2-7H,16H2,1H3. The van der Waals surface area contributed by atoms with E-state index in [0.717, 1.165) is 12.3 Å².